The maximum absolute atomic E-state index is 14.3. The second-order valence-electron chi connectivity index (χ2n) is 22.0. The largest absolute Gasteiger partial charge is 0.481 e. The smallest absolute Gasteiger partial charge is 0.309 e. The van der Waals surface area contributed by atoms with E-state index in [9.17, 15) is 29.1 Å². The van der Waals surface area contributed by atoms with Crippen LogP contribution >= 0.6 is 11.6 Å². The zero-order chi connectivity index (χ0) is 42.8. The SMILES string of the molecule is CC(C)C1=C2[C@H]3CC[C@@H]4[C@@]5(C)CC[C@H](OC(=O)[C@H]6C[C@@H](C(=O)O)C6(C)C)C(C)(C)[C@@H]5CC[C@@]4(C)[C@]3(C)CC[C@@]2(NC(=O)C(C)(C)NC(=O)c2ccc(Cl)cn2)CC1=O. The Kier molecular flexibility index (Phi) is 10.3. The van der Waals surface area contributed by atoms with Gasteiger partial charge in [0.15, 0.2) is 5.78 Å². The number of allylic oxidation sites excluding steroid dienone is 1. The average molecular weight is 821 g/mol. The summed E-state index contributed by atoms with van der Waals surface area (Å²) in [7, 11) is 0. The number of carbonyl (C=O) groups excluding carboxylic acids is 4. The number of carboxylic acid groups (broad SMARTS) is 1. The molecule has 1 aromatic rings. The molecule has 10 atom stereocenters. The molecule has 1 aromatic heterocycles. The molecule has 0 spiro atoms. The quantitative estimate of drug-likeness (QED) is 0.220. The number of ether oxygens (including phenoxy) is 1. The first-order valence-electron chi connectivity index (χ1n) is 21.7. The molecule has 10 nitrogen and oxygen atoms in total. The minimum absolute atomic E-state index is 0.00501. The zero-order valence-electron chi connectivity index (χ0n) is 36.6. The fraction of sp³-hybridized carbons (Fsp3) is 0.745. The van der Waals surface area contributed by atoms with Crippen molar-refractivity contribution in [1.82, 2.24) is 15.6 Å². The van der Waals surface area contributed by atoms with Gasteiger partial charge in [0.25, 0.3) is 5.91 Å². The molecule has 58 heavy (non-hydrogen) atoms. The Morgan fingerprint density at radius 3 is 2.17 bits per heavy atom. The van der Waals surface area contributed by atoms with Crippen LogP contribution in [-0.2, 0) is 23.9 Å². The molecule has 7 rings (SSSR count). The van der Waals surface area contributed by atoms with Gasteiger partial charge in [0.1, 0.15) is 17.3 Å². The first-order chi connectivity index (χ1) is 26.8. The topological polar surface area (TPSA) is 152 Å². The Balaban J connectivity index is 1.13. The number of fused-ring (bicyclic) bond motifs is 7. The number of rotatable bonds is 8. The highest BCUT2D eigenvalue weighted by molar-refractivity contribution is 6.30. The van der Waals surface area contributed by atoms with Gasteiger partial charge in [0, 0.05) is 18.0 Å². The van der Waals surface area contributed by atoms with Gasteiger partial charge < -0.3 is 20.5 Å². The third-order valence-electron chi connectivity index (χ3n) is 17.8. The van der Waals surface area contributed by atoms with Crippen molar-refractivity contribution in [2.45, 2.75) is 158 Å². The van der Waals surface area contributed by atoms with E-state index >= 15 is 0 Å². The van der Waals surface area contributed by atoms with E-state index < -0.39 is 40.2 Å². The predicted octanol–water partition coefficient (Wildman–Crippen LogP) is 8.75. The summed E-state index contributed by atoms with van der Waals surface area (Å²) in [5.41, 5.74) is -0.956. The van der Waals surface area contributed by atoms with E-state index in [0.29, 0.717) is 29.7 Å². The first kappa shape index (κ1) is 42.8. The number of Topliss-reactive ketones (excluding diaryl/α,β-unsaturated/α-hetero) is 1. The van der Waals surface area contributed by atoms with E-state index in [1.807, 2.05) is 13.8 Å². The van der Waals surface area contributed by atoms with Crippen LogP contribution in [0.2, 0.25) is 5.02 Å². The van der Waals surface area contributed by atoms with Crippen LogP contribution in [0.25, 0.3) is 0 Å². The van der Waals surface area contributed by atoms with Crippen LogP contribution in [0.1, 0.15) is 151 Å². The van der Waals surface area contributed by atoms with Crippen molar-refractivity contribution in [1.29, 1.82) is 0 Å². The van der Waals surface area contributed by atoms with E-state index in [0.717, 1.165) is 56.1 Å². The Bertz CT molecular complexity index is 1950. The normalized spacial score (nSPS) is 38.7. The lowest BCUT2D eigenvalue weighted by atomic mass is 9.33. The van der Waals surface area contributed by atoms with Gasteiger partial charge in [-0.3, -0.25) is 24.0 Å². The minimum atomic E-state index is -1.28. The molecule has 3 N–H and O–H groups in total. The van der Waals surface area contributed by atoms with Crippen LogP contribution in [0.5, 0.6) is 0 Å². The lowest BCUT2D eigenvalue weighted by Crippen LogP contribution is -2.68. The van der Waals surface area contributed by atoms with Gasteiger partial charge in [-0.15, -0.1) is 0 Å². The third kappa shape index (κ3) is 6.21. The Labute approximate surface area is 349 Å². The third-order valence-corrected chi connectivity index (χ3v) is 18.0. The number of amides is 2. The fourth-order valence-corrected chi connectivity index (χ4v) is 14.3. The number of hydrogen-bond donors (Lipinski definition) is 3. The molecular formula is C47H66ClN3O7. The van der Waals surface area contributed by atoms with Crippen LogP contribution in [0, 0.1) is 62.6 Å². The van der Waals surface area contributed by atoms with E-state index in [2.05, 4.69) is 64.1 Å². The molecule has 0 saturated heterocycles. The number of pyridine rings is 1. The highest BCUT2D eigenvalue weighted by Gasteiger charge is 2.71. The molecular weight excluding hydrogens is 754 g/mol. The number of aliphatic carboxylic acids is 1. The van der Waals surface area contributed by atoms with Gasteiger partial charge in [0.2, 0.25) is 5.91 Å². The zero-order valence-corrected chi connectivity index (χ0v) is 37.3. The molecule has 0 radical (unpaired) electrons. The van der Waals surface area contributed by atoms with Gasteiger partial charge in [-0.1, -0.05) is 73.9 Å². The van der Waals surface area contributed by atoms with Crippen molar-refractivity contribution in [3.8, 4) is 0 Å². The second kappa shape index (κ2) is 13.9. The molecule has 0 aromatic carbocycles. The van der Waals surface area contributed by atoms with Crippen LogP contribution in [0.15, 0.2) is 29.5 Å². The molecule has 11 heteroatoms. The molecule has 1 heterocycles. The van der Waals surface area contributed by atoms with Gasteiger partial charge in [0.05, 0.1) is 22.4 Å². The molecule has 318 valence electrons. The molecule has 5 fully saturated rings. The molecule has 2 amide bonds. The summed E-state index contributed by atoms with van der Waals surface area (Å²) in [5, 5.41) is 16.4. The van der Waals surface area contributed by atoms with Crippen LogP contribution in [-0.4, -0.2) is 56.8 Å². The van der Waals surface area contributed by atoms with Crippen molar-refractivity contribution in [3.05, 3.63) is 40.2 Å². The molecule has 0 bridgehead atoms. The lowest BCUT2D eigenvalue weighted by Gasteiger charge is -2.72. The van der Waals surface area contributed by atoms with E-state index in [1.165, 1.54) is 12.3 Å². The van der Waals surface area contributed by atoms with E-state index in [4.69, 9.17) is 16.3 Å². The summed E-state index contributed by atoms with van der Waals surface area (Å²) in [4.78, 5) is 71.3. The van der Waals surface area contributed by atoms with Crippen molar-refractivity contribution in [2.75, 3.05) is 0 Å². The van der Waals surface area contributed by atoms with Gasteiger partial charge >= 0.3 is 11.9 Å². The molecule has 6 aliphatic carbocycles. The van der Waals surface area contributed by atoms with E-state index in [1.54, 1.807) is 19.9 Å². The summed E-state index contributed by atoms with van der Waals surface area (Å²) >= 11 is 5.99. The highest BCUT2D eigenvalue weighted by Crippen LogP contribution is 2.76. The highest BCUT2D eigenvalue weighted by atomic mass is 35.5. The summed E-state index contributed by atoms with van der Waals surface area (Å²) in [6.45, 7) is 23.4. The van der Waals surface area contributed by atoms with Crippen LogP contribution < -0.4 is 10.6 Å². The molecule has 5 saturated carbocycles. The Morgan fingerprint density at radius 1 is 0.879 bits per heavy atom. The Hall–Kier alpha value is -3.27. The summed E-state index contributed by atoms with van der Waals surface area (Å²) in [6.07, 6.45) is 8.97. The maximum Gasteiger partial charge on any atom is 0.309 e. The number of carbonyl (C=O) groups is 5. The van der Waals surface area contributed by atoms with Crippen molar-refractivity contribution in [2.24, 2.45) is 62.6 Å². The summed E-state index contributed by atoms with van der Waals surface area (Å²) < 4.78 is 6.41. The number of nitrogens with zero attached hydrogens (tertiary/aromatic N) is 1. The number of nitrogens with one attached hydrogen (secondary N) is 2. The number of hydrogen-bond acceptors (Lipinski definition) is 7. The van der Waals surface area contributed by atoms with Crippen molar-refractivity contribution in [3.63, 3.8) is 0 Å². The van der Waals surface area contributed by atoms with Gasteiger partial charge in [-0.2, -0.15) is 0 Å². The first-order valence-corrected chi connectivity index (χ1v) is 22.1. The number of ketones is 1. The number of halogens is 1. The lowest BCUT2D eigenvalue weighted by molar-refractivity contribution is -0.235. The maximum atomic E-state index is 14.3. The monoisotopic (exact) mass is 819 g/mol. The standard InChI is InChI=1S/C47H66ClN3O7/c1-25(2)35-31(52)23-47(51-40(57)43(7,8)50-37(53)30-14-12-26(48)24-49-30)21-20-45(10)27(36(35)47)13-15-33-44(9)18-17-34(42(5,6)32(44)16-19-46(33,45)11)58-39(56)29-22-28(38(54)55)41(29,3)4/h12,14,24-25,27-29,32-34H,13,15-23H2,1-11H3,(H,50,53)(H,51,57)(H,54,55)/t27-,28+,29-,32+,33-,34+,44+,45-,46-,47-/m1/s1. The number of aromatic nitrogens is 1. The molecule has 0 unspecified atom stereocenters. The van der Waals surface area contributed by atoms with Gasteiger partial charge in [-0.05, 0) is 140 Å². The second-order valence-corrected chi connectivity index (χ2v) is 22.4. The summed E-state index contributed by atoms with van der Waals surface area (Å²) in [6, 6.07) is 3.12. The summed E-state index contributed by atoms with van der Waals surface area (Å²) in [5.74, 6) is -1.84. The number of carboxylic acids is 1. The molecule has 0 aliphatic heterocycles. The van der Waals surface area contributed by atoms with E-state index in [-0.39, 0.29) is 69.4 Å². The fourth-order valence-electron chi connectivity index (χ4n) is 14.2. The van der Waals surface area contributed by atoms with Gasteiger partial charge in [-0.25, -0.2) is 4.98 Å². The minimum Gasteiger partial charge on any atom is -0.481 e. The van der Waals surface area contributed by atoms with Crippen LogP contribution in [0.3, 0.4) is 0 Å². The molecule has 6 aliphatic rings. The predicted molar refractivity (Wildman–Crippen MR) is 222 cm³/mol. The Morgan fingerprint density at radius 2 is 1.57 bits per heavy atom. The van der Waals surface area contributed by atoms with Crippen molar-refractivity contribution < 1.29 is 33.8 Å². The van der Waals surface area contributed by atoms with Crippen LogP contribution in [0.4, 0.5) is 0 Å². The average Bonchev–Trinajstić information content (AvgIpc) is 3.41. The van der Waals surface area contributed by atoms with Crippen molar-refractivity contribution >= 4 is 41.1 Å². The number of esters is 1.